The third kappa shape index (κ3) is 7.37. The zero-order valence-corrected chi connectivity index (χ0v) is 22.3. The van der Waals surface area contributed by atoms with Crippen molar-refractivity contribution >= 4 is 64.2 Å². The van der Waals surface area contributed by atoms with Crippen LogP contribution in [0.5, 0.6) is 5.75 Å². The van der Waals surface area contributed by atoms with E-state index in [2.05, 4.69) is 20.8 Å². The Morgan fingerprint density at radius 1 is 0.850 bits per heavy atom. The number of carbonyl (C=O) groups excluding carboxylic acids is 3. The number of rotatable bonds is 8. The van der Waals surface area contributed by atoms with Crippen LogP contribution in [-0.4, -0.2) is 29.0 Å². The lowest BCUT2D eigenvalue weighted by Crippen LogP contribution is -2.39. The molecule has 4 rings (SSSR count). The highest BCUT2D eigenvalue weighted by atomic mass is 35.5. The summed E-state index contributed by atoms with van der Waals surface area (Å²) in [6.45, 7) is 0. The number of azo groups is 1. The van der Waals surface area contributed by atoms with Gasteiger partial charge >= 0.3 is 0 Å². The fourth-order valence-corrected chi connectivity index (χ4v) is 3.76. The van der Waals surface area contributed by atoms with Crippen molar-refractivity contribution in [2.75, 3.05) is 4.90 Å². The zero-order valence-electron chi connectivity index (χ0n) is 20.7. The van der Waals surface area contributed by atoms with Crippen molar-refractivity contribution in [2.45, 2.75) is 6.42 Å². The van der Waals surface area contributed by atoms with Gasteiger partial charge in [-0.25, -0.2) is 10.3 Å². The van der Waals surface area contributed by atoms with Crippen LogP contribution in [0, 0.1) is 0 Å². The molecule has 0 saturated carbocycles. The lowest BCUT2D eigenvalue weighted by atomic mass is 10.1. The van der Waals surface area contributed by atoms with E-state index in [4.69, 9.17) is 23.2 Å². The van der Waals surface area contributed by atoms with Crippen LogP contribution < -0.4 is 10.3 Å². The number of halogens is 2. The predicted molar refractivity (Wildman–Crippen MR) is 154 cm³/mol. The topological polar surface area (TPSA) is 124 Å². The van der Waals surface area contributed by atoms with E-state index in [1.807, 2.05) is 0 Å². The first-order valence-corrected chi connectivity index (χ1v) is 12.6. The number of phenolic OH excluding ortho intramolecular Hbond substituents is 1. The summed E-state index contributed by atoms with van der Waals surface area (Å²) in [5.41, 5.74) is 3.88. The van der Waals surface area contributed by atoms with Crippen molar-refractivity contribution in [3.63, 3.8) is 0 Å². The molecule has 0 fully saturated rings. The number of carbonyl (C=O) groups is 3. The molecule has 11 heteroatoms. The highest BCUT2D eigenvalue weighted by Gasteiger charge is 2.26. The molecule has 0 unspecified atom stereocenters. The largest absolute Gasteiger partial charge is 0.507 e. The Balaban J connectivity index is 1.44. The maximum atomic E-state index is 13.1. The van der Waals surface area contributed by atoms with Gasteiger partial charge in [-0.15, -0.1) is 5.11 Å². The van der Waals surface area contributed by atoms with Gasteiger partial charge in [0.25, 0.3) is 5.91 Å². The van der Waals surface area contributed by atoms with Gasteiger partial charge in [-0.2, -0.15) is 10.2 Å². The Morgan fingerprint density at radius 3 is 2.27 bits per heavy atom. The van der Waals surface area contributed by atoms with Crippen molar-refractivity contribution in [1.82, 2.24) is 5.43 Å². The first-order chi connectivity index (χ1) is 19.3. The minimum atomic E-state index is -0.770. The SMILES string of the molecule is O=C(CC(=O)N(C(=O)c1ccccc1)c1ccc(Cl)cc1)N/N=C\c1cc(N=Nc2ccccc2Cl)ccc1O. The van der Waals surface area contributed by atoms with E-state index >= 15 is 0 Å². The van der Waals surface area contributed by atoms with E-state index in [9.17, 15) is 19.5 Å². The van der Waals surface area contributed by atoms with Crippen LogP contribution in [0.4, 0.5) is 17.1 Å². The van der Waals surface area contributed by atoms with E-state index in [1.54, 1.807) is 60.7 Å². The highest BCUT2D eigenvalue weighted by molar-refractivity contribution is 6.33. The fraction of sp³-hybridized carbons (Fsp3) is 0.0345. The van der Waals surface area contributed by atoms with Crippen molar-refractivity contribution in [3.8, 4) is 5.75 Å². The highest BCUT2D eigenvalue weighted by Crippen LogP contribution is 2.28. The summed E-state index contributed by atoms with van der Waals surface area (Å²) in [5.74, 6) is -2.26. The summed E-state index contributed by atoms with van der Waals surface area (Å²) in [6.07, 6.45) is 0.523. The summed E-state index contributed by atoms with van der Waals surface area (Å²) in [7, 11) is 0. The smallest absolute Gasteiger partial charge is 0.265 e. The number of aromatic hydroxyl groups is 1. The Labute approximate surface area is 239 Å². The molecule has 0 radical (unpaired) electrons. The molecule has 0 atom stereocenters. The van der Waals surface area contributed by atoms with E-state index in [0.717, 1.165) is 4.90 Å². The summed E-state index contributed by atoms with van der Waals surface area (Å²) in [6, 6.07) is 25.7. The van der Waals surface area contributed by atoms with Crippen LogP contribution in [-0.2, 0) is 9.59 Å². The van der Waals surface area contributed by atoms with E-state index < -0.39 is 24.1 Å². The van der Waals surface area contributed by atoms with Crippen molar-refractivity contribution in [1.29, 1.82) is 0 Å². The lowest BCUT2D eigenvalue weighted by molar-refractivity contribution is -0.127. The van der Waals surface area contributed by atoms with Crippen molar-refractivity contribution in [2.24, 2.45) is 15.3 Å². The number of hydrazone groups is 1. The Hall–Kier alpha value is -4.86. The van der Waals surface area contributed by atoms with Crippen LogP contribution in [0.2, 0.25) is 10.0 Å². The maximum absolute atomic E-state index is 13.1. The number of amides is 3. The van der Waals surface area contributed by atoms with E-state index in [0.29, 0.717) is 21.4 Å². The van der Waals surface area contributed by atoms with Gasteiger partial charge in [-0.3, -0.25) is 14.4 Å². The van der Waals surface area contributed by atoms with Gasteiger partial charge < -0.3 is 5.11 Å². The summed E-state index contributed by atoms with van der Waals surface area (Å²) < 4.78 is 0. The molecule has 0 aliphatic rings. The number of imide groups is 1. The normalized spacial score (nSPS) is 11.1. The number of hydrogen-bond acceptors (Lipinski definition) is 7. The molecular formula is C29H21Cl2N5O4. The molecule has 9 nitrogen and oxygen atoms in total. The van der Waals surface area contributed by atoms with Crippen molar-refractivity contribution in [3.05, 3.63) is 118 Å². The summed E-state index contributed by atoms with van der Waals surface area (Å²) >= 11 is 12.0. The molecule has 0 saturated heterocycles. The molecule has 40 heavy (non-hydrogen) atoms. The Morgan fingerprint density at radius 2 is 1.55 bits per heavy atom. The molecule has 2 N–H and O–H groups in total. The van der Waals surface area contributed by atoms with Crippen LogP contribution in [0.1, 0.15) is 22.3 Å². The molecule has 0 heterocycles. The number of nitrogens with zero attached hydrogens (tertiary/aromatic N) is 4. The van der Waals surface area contributed by atoms with Gasteiger partial charge in [0.1, 0.15) is 17.9 Å². The van der Waals surface area contributed by atoms with Crippen molar-refractivity contribution < 1.29 is 19.5 Å². The summed E-state index contributed by atoms with van der Waals surface area (Å²) in [5, 5.41) is 23.0. The zero-order chi connectivity index (χ0) is 28.5. The summed E-state index contributed by atoms with van der Waals surface area (Å²) in [4.78, 5) is 39.7. The third-order valence-electron chi connectivity index (χ3n) is 5.40. The second kappa shape index (κ2) is 13.3. The number of benzene rings is 4. The molecule has 0 aromatic heterocycles. The second-order valence-electron chi connectivity index (χ2n) is 8.24. The minimum absolute atomic E-state index is 0.117. The lowest BCUT2D eigenvalue weighted by Gasteiger charge is -2.21. The minimum Gasteiger partial charge on any atom is -0.507 e. The van der Waals surface area contributed by atoms with Crippen LogP contribution in [0.15, 0.2) is 112 Å². The third-order valence-corrected chi connectivity index (χ3v) is 5.97. The quantitative estimate of drug-likeness (QED) is 0.104. The van der Waals surface area contributed by atoms with E-state index in [1.165, 1.54) is 42.6 Å². The number of phenols is 1. The molecule has 3 amide bonds. The molecule has 0 spiro atoms. The monoisotopic (exact) mass is 573 g/mol. The molecule has 200 valence electrons. The first-order valence-electron chi connectivity index (χ1n) is 11.8. The van der Waals surface area contributed by atoms with Gasteiger partial charge in [0.2, 0.25) is 11.8 Å². The van der Waals surface area contributed by atoms with Gasteiger partial charge in [0.05, 0.1) is 22.6 Å². The number of nitrogens with one attached hydrogen (secondary N) is 1. The second-order valence-corrected chi connectivity index (χ2v) is 9.08. The predicted octanol–water partition coefficient (Wildman–Crippen LogP) is 6.83. The Kier molecular flexibility index (Phi) is 9.35. The molecular weight excluding hydrogens is 553 g/mol. The van der Waals surface area contributed by atoms with E-state index in [-0.39, 0.29) is 22.6 Å². The van der Waals surface area contributed by atoms with Gasteiger partial charge in [0.15, 0.2) is 0 Å². The molecule has 4 aromatic rings. The fourth-order valence-electron chi connectivity index (χ4n) is 3.46. The molecule has 4 aromatic carbocycles. The van der Waals surface area contributed by atoms with Gasteiger partial charge in [-0.05, 0) is 66.7 Å². The number of hydrogen-bond donors (Lipinski definition) is 2. The van der Waals surface area contributed by atoms with Crippen LogP contribution in [0.3, 0.4) is 0 Å². The molecule has 0 aliphatic carbocycles. The molecule has 0 aliphatic heterocycles. The standard InChI is InChI=1S/C29H21Cl2N5O4/c30-21-10-13-23(14-11-21)36(29(40)19-6-2-1-3-7-19)28(39)17-27(38)35-32-18-20-16-22(12-15-26(20)37)33-34-25-9-5-4-8-24(25)31/h1-16,18,37H,17H2,(H,35,38)/b32-18-,34-33?. The first kappa shape index (κ1) is 28.2. The van der Waals surface area contributed by atoms with Gasteiger partial charge in [-0.1, -0.05) is 53.5 Å². The average Bonchev–Trinajstić information content (AvgIpc) is 2.95. The molecule has 0 bridgehead atoms. The van der Waals surface area contributed by atoms with Crippen LogP contribution in [0.25, 0.3) is 0 Å². The number of anilines is 1. The van der Waals surface area contributed by atoms with Crippen LogP contribution >= 0.6 is 23.2 Å². The Bertz CT molecular complexity index is 1590. The average molecular weight is 574 g/mol. The maximum Gasteiger partial charge on any atom is 0.265 e. The van der Waals surface area contributed by atoms with Gasteiger partial charge in [0, 0.05) is 16.1 Å².